The van der Waals surface area contributed by atoms with Crippen molar-refractivity contribution in [2.45, 2.75) is 25.8 Å². The molecule has 6 heteroatoms. The maximum Gasteiger partial charge on any atom is 0.326 e. The molecular formula is C13H15NO5. The molecule has 1 rings (SSSR count). The minimum atomic E-state index is -1.44. The quantitative estimate of drug-likeness (QED) is 0.709. The van der Waals surface area contributed by atoms with Crippen molar-refractivity contribution in [1.29, 1.82) is 0 Å². The van der Waals surface area contributed by atoms with E-state index in [9.17, 15) is 14.4 Å². The number of amides is 1. The summed E-state index contributed by atoms with van der Waals surface area (Å²) in [5, 5.41) is 19.7. The van der Waals surface area contributed by atoms with Gasteiger partial charge in [0.15, 0.2) is 0 Å². The molecule has 0 bridgehead atoms. The maximum absolute atomic E-state index is 12.0. The fraction of sp³-hybridized carbons (Fsp3) is 0.308. The Kier molecular flexibility index (Phi) is 5.05. The van der Waals surface area contributed by atoms with Crippen molar-refractivity contribution in [2.75, 3.05) is 0 Å². The lowest BCUT2D eigenvalue weighted by molar-refractivity contribution is -0.145. The first kappa shape index (κ1) is 14.7. The molecule has 0 saturated heterocycles. The fourth-order valence-electron chi connectivity index (χ4n) is 1.66. The minimum absolute atomic E-state index is 0.363. The standard InChI is InChI=1S/C13H15NO5/c1-2-8-5-3-4-6-9(8)12(17)14-10(13(18)19)7-11(15)16/h3-6,10H,2,7H2,1H3,(H,14,17)(H,15,16)(H,18,19). The van der Waals surface area contributed by atoms with Gasteiger partial charge in [-0.05, 0) is 18.1 Å². The van der Waals surface area contributed by atoms with Crippen molar-refractivity contribution < 1.29 is 24.6 Å². The molecule has 0 aliphatic heterocycles. The first-order chi connectivity index (χ1) is 8.95. The Morgan fingerprint density at radius 1 is 1.21 bits per heavy atom. The average molecular weight is 265 g/mol. The highest BCUT2D eigenvalue weighted by atomic mass is 16.4. The zero-order valence-electron chi connectivity index (χ0n) is 10.4. The molecule has 1 atom stereocenters. The van der Waals surface area contributed by atoms with Gasteiger partial charge in [-0.15, -0.1) is 0 Å². The molecule has 0 aliphatic carbocycles. The third-order valence-electron chi connectivity index (χ3n) is 2.63. The Morgan fingerprint density at radius 2 is 1.84 bits per heavy atom. The second-order valence-electron chi connectivity index (χ2n) is 3.97. The molecule has 0 heterocycles. The second kappa shape index (κ2) is 6.53. The Labute approximate surface area is 110 Å². The molecule has 0 radical (unpaired) electrons. The van der Waals surface area contributed by atoms with Gasteiger partial charge in [-0.2, -0.15) is 0 Å². The molecule has 1 aromatic rings. The van der Waals surface area contributed by atoms with Crippen LogP contribution >= 0.6 is 0 Å². The average Bonchev–Trinajstić information content (AvgIpc) is 2.37. The highest BCUT2D eigenvalue weighted by Gasteiger charge is 2.24. The third-order valence-corrected chi connectivity index (χ3v) is 2.63. The predicted octanol–water partition coefficient (Wildman–Crippen LogP) is 0.907. The smallest absolute Gasteiger partial charge is 0.326 e. The molecule has 19 heavy (non-hydrogen) atoms. The van der Waals surface area contributed by atoms with Crippen molar-refractivity contribution in [3.05, 3.63) is 35.4 Å². The Hall–Kier alpha value is -2.37. The summed E-state index contributed by atoms with van der Waals surface area (Å²) in [5.74, 6) is -3.23. The molecule has 0 fully saturated rings. The van der Waals surface area contributed by atoms with Gasteiger partial charge in [0.05, 0.1) is 6.42 Å². The number of carbonyl (C=O) groups excluding carboxylic acids is 1. The summed E-state index contributed by atoms with van der Waals surface area (Å²) in [5.41, 5.74) is 1.14. The number of carbonyl (C=O) groups is 3. The number of benzene rings is 1. The summed E-state index contributed by atoms with van der Waals surface area (Å²) in [6.07, 6.45) is -0.0321. The van der Waals surface area contributed by atoms with Crippen LogP contribution in [0.15, 0.2) is 24.3 Å². The number of carboxylic acids is 2. The Morgan fingerprint density at radius 3 is 2.37 bits per heavy atom. The van der Waals surface area contributed by atoms with Crippen LogP contribution in [-0.2, 0) is 16.0 Å². The van der Waals surface area contributed by atoms with Gasteiger partial charge in [0.25, 0.3) is 5.91 Å². The molecule has 0 saturated carbocycles. The van der Waals surface area contributed by atoms with E-state index in [1.807, 2.05) is 6.92 Å². The van der Waals surface area contributed by atoms with E-state index in [1.165, 1.54) is 0 Å². The molecule has 1 aromatic carbocycles. The predicted molar refractivity (Wildman–Crippen MR) is 67.0 cm³/mol. The van der Waals surface area contributed by atoms with E-state index < -0.39 is 30.3 Å². The number of rotatable bonds is 6. The van der Waals surface area contributed by atoms with Crippen LogP contribution in [0.1, 0.15) is 29.3 Å². The molecule has 0 spiro atoms. The topological polar surface area (TPSA) is 104 Å². The van der Waals surface area contributed by atoms with Crippen molar-refractivity contribution in [1.82, 2.24) is 5.32 Å². The van der Waals surface area contributed by atoms with E-state index in [0.29, 0.717) is 12.0 Å². The van der Waals surface area contributed by atoms with E-state index in [4.69, 9.17) is 10.2 Å². The van der Waals surface area contributed by atoms with Crippen LogP contribution in [0.4, 0.5) is 0 Å². The van der Waals surface area contributed by atoms with Gasteiger partial charge < -0.3 is 15.5 Å². The molecule has 1 amide bonds. The lowest BCUT2D eigenvalue weighted by atomic mass is 10.0. The van der Waals surface area contributed by atoms with E-state index in [1.54, 1.807) is 24.3 Å². The summed E-state index contributed by atoms with van der Waals surface area (Å²) < 4.78 is 0. The molecule has 6 nitrogen and oxygen atoms in total. The first-order valence-corrected chi connectivity index (χ1v) is 5.79. The lowest BCUT2D eigenvalue weighted by Crippen LogP contribution is -2.42. The first-order valence-electron chi connectivity index (χ1n) is 5.79. The Bertz CT molecular complexity index is 498. The van der Waals surface area contributed by atoms with Crippen LogP contribution in [0.25, 0.3) is 0 Å². The minimum Gasteiger partial charge on any atom is -0.481 e. The van der Waals surface area contributed by atoms with E-state index in [-0.39, 0.29) is 0 Å². The molecular weight excluding hydrogens is 250 g/mol. The van der Waals surface area contributed by atoms with Gasteiger partial charge in [0.2, 0.25) is 0 Å². The molecule has 0 aliphatic rings. The van der Waals surface area contributed by atoms with Crippen LogP contribution in [0, 0.1) is 0 Å². The highest BCUT2D eigenvalue weighted by Crippen LogP contribution is 2.10. The number of hydrogen-bond acceptors (Lipinski definition) is 3. The van der Waals surface area contributed by atoms with E-state index in [0.717, 1.165) is 5.56 Å². The summed E-state index contributed by atoms with van der Waals surface area (Å²) in [4.78, 5) is 33.4. The molecule has 102 valence electrons. The SMILES string of the molecule is CCc1ccccc1C(=O)NC(CC(=O)O)C(=O)O. The van der Waals surface area contributed by atoms with Gasteiger partial charge in [0.1, 0.15) is 6.04 Å². The number of carboxylic acid groups (broad SMARTS) is 2. The monoisotopic (exact) mass is 265 g/mol. The van der Waals surface area contributed by atoms with Crippen LogP contribution in [-0.4, -0.2) is 34.1 Å². The van der Waals surface area contributed by atoms with Crippen LogP contribution in [0.3, 0.4) is 0 Å². The number of aryl methyl sites for hydroxylation is 1. The molecule has 3 N–H and O–H groups in total. The van der Waals surface area contributed by atoms with Gasteiger partial charge in [-0.1, -0.05) is 25.1 Å². The number of nitrogens with one attached hydrogen (secondary N) is 1. The largest absolute Gasteiger partial charge is 0.481 e. The van der Waals surface area contributed by atoms with E-state index in [2.05, 4.69) is 5.32 Å². The molecule has 1 unspecified atom stereocenters. The van der Waals surface area contributed by atoms with Crippen LogP contribution in [0.2, 0.25) is 0 Å². The normalized spacial score (nSPS) is 11.6. The second-order valence-corrected chi connectivity index (χ2v) is 3.97. The van der Waals surface area contributed by atoms with Gasteiger partial charge in [0, 0.05) is 5.56 Å². The van der Waals surface area contributed by atoms with Gasteiger partial charge in [-0.25, -0.2) is 4.79 Å². The van der Waals surface area contributed by atoms with Crippen molar-refractivity contribution in [2.24, 2.45) is 0 Å². The highest BCUT2D eigenvalue weighted by molar-refractivity contribution is 5.98. The maximum atomic E-state index is 12.0. The third kappa shape index (κ3) is 4.09. The zero-order chi connectivity index (χ0) is 14.4. The van der Waals surface area contributed by atoms with Crippen LogP contribution < -0.4 is 5.32 Å². The molecule has 0 aromatic heterocycles. The van der Waals surface area contributed by atoms with Crippen molar-refractivity contribution >= 4 is 17.8 Å². The summed E-state index contributed by atoms with van der Waals surface area (Å²) in [7, 11) is 0. The summed E-state index contributed by atoms with van der Waals surface area (Å²) in [6.45, 7) is 1.87. The van der Waals surface area contributed by atoms with Gasteiger partial charge >= 0.3 is 11.9 Å². The number of hydrogen-bond donors (Lipinski definition) is 3. The van der Waals surface area contributed by atoms with E-state index >= 15 is 0 Å². The summed E-state index contributed by atoms with van der Waals surface area (Å²) in [6, 6.07) is 5.35. The fourth-order valence-corrected chi connectivity index (χ4v) is 1.66. The van der Waals surface area contributed by atoms with Crippen molar-refractivity contribution in [3.8, 4) is 0 Å². The zero-order valence-corrected chi connectivity index (χ0v) is 10.4. The summed E-state index contributed by atoms with van der Waals surface area (Å²) >= 11 is 0. The lowest BCUT2D eigenvalue weighted by Gasteiger charge is -2.14. The Balaban J connectivity index is 2.87. The van der Waals surface area contributed by atoms with Crippen molar-refractivity contribution in [3.63, 3.8) is 0 Å². The van der Waals surface area contributed by atoms with Crippen LogP contribution in [0.5, 0.6) is 0 Å². The van der Waals surface area contributed by atoms with Gasteiger partial charge in [-0.3, -0.25) is 9.59 Å². The number of aliphatic carboxylic acids is 2.